The van der Waals surface area contributed by atoms with Gasteiger partial charge in [0.2, 0.25) is 11.7 Å². The van der Waals surface area contributed by atoms with E-state index in [-0.39, 0.29) is 6.61 Å². The Morgan fingerprint density at radius 2 is 2.24 bits per heavy atom. The van der Waals surface area contributed by atoms with Crippen LogP contribution in [0.15, 0.2) is 28.9 Å². The molecule has 1 saturated carbocycles. The molecule has 0 unspecified atom stereocenters. The van der Waals surface area contributed by atoms with Gasteiger partial charge in [-0.15, -0.1) is 0 Å². The highest BCUT2D eigenvalue weighted by Crippen LogP contribution is 2.26. The minimum atomic E-state index is 0.215. The lowest BCUT2D eigenvalue weighted by atomic mass is 9.91. The van der Waals surface area contributed by atoms with E-state index in [1.807, 2.05) is 18.2 Å². The molecule has 0 spiro atoms. The molecule has 6 heteroatoms. The number of hydrogen-bond donors (Lipinski definition) is 1. The van der Waals surface area contributed by atoms with Crippen LogP contribution in [0.25, 0.3) is 11.5 Å². The van der Waals surface area contributed by atoms with E-state index in [0.717, 1.165) is 18.7 Å². The molecule has 0 aliphatic heterocycles. The fourth-order valence-electron chi connectivity index (χ4n) is 2.51. The smallest absolute Gasteiger partial charge is 0.241 e. The van der Waals surface area contributed by atoms with Gasteiger partial charge < -0.3 is 9.63 Å². The van der Waals surface area contributed by atoms with Gasteiger partial charge in [0.25, 0.3) is 0 Å². The van der Waals surface area contributed by atoms with E-state index in [2.05, 4.69) is 20.0 Å². The molecule has 0 bridgehead atoms. The Kier molecular flexibility index (Phi) is 4.57. The number of aliphatic hydroxyl groups excluding tert-OH is 1. The maximum absolute atomic E-state index is 9.02. The second-order valence-corrected chi connectivity index (χ2v) is 5.36. The second kappa shape index (κ2) is 6.78. The quantitative estimate of drug-likeness (QED) is 0.838. The van der Waals surface area contributed by atoms with E-state index >= 15 is 0 Å². The Morgan fingerprint density at radius 3 is 2.90 bits per heavy atom. The van der Waals surface area contributed by atoms with Crippen molar-refractivity contribution < 1.29 is 9.63 Å². The molecule has 1 N–H and O–H groups in total. The molecule has 0 amide bonds. The summed E-state index contributed by atoms with van der Waals surface area (Å²) in [5.41, 5.74) is 0.720. The van der Waals surface area contributed by atoms with Gasteiger partial charge in [-0.25, -0.2) is 0 Å². The molecule has 0 saturated heterocycles. The molecule has 2 aromatic rings. The van der Waals surface area contributed by atoms with Crippen molar-refractivity contribution in [2.45, 2.75) is 38.3 Å². The van der Waals surface area contributed by atoms with Crippen molar-refractivity contribution in [2.75, 3.05) is 13.2 Å². The van der Waals surface area contributed by atoms with Gasteiger partial charge in [0, 0.05) is 25.4 Å². The van der Waals surface area contributed by atoms with Crippen molar-refractivity contribution in [3.05, 3.63) is 30.3 Å². The van der Waals surface area contributed by atoms with Crippen LogP contribution in [0.4, 0.5) is 0 Å². The van der Waals surface area contributed by atoms with Gasteiger partial charge in [0.1, 0.15) is 5.69 Å². The zero-order valence-electron chi connectivity index (χ0n) is 12.0. The van der Waals surface area contributed by atoms with Crippen LogP contribution in [0.3, 0.4) is 0 Å². The third kappa shape index (κ3) is 3.46. The highest BCUT2D eigenvalue weighted by Gasteiger charge is 2.26. The van der Waals surface area contributed by atoms with Crippen LogP contribution < -0.4 is 0 Å². The number of pyridine rings is 1. The maximum atomic E-state index is 9.02. The molecule has 112 valence electrons. The summed E-state index contributed by atoms with van der Waals surface area (Å²) in [6, 6.07) is 6.21. The Balaban J connectivity index is 1.67. The van der Waals surface area contributed by atoms with Crippen LogP contribution >= 0.6 is 0 Å². The highest BCUT2D eigenvalue weighted by atomic mass is 16.5. The summed E-state index contributed by atoms with van der Waals surface area (Å²) in [6.45, 7) is 1.72. The minimum Gasteiger partial charge on any atom is -0.396 e. The van der Waals surface area contributed by atoms with Gasteiger partial charge >= 0.3 is 0 Å². The van der Waals surface area contributed by atoms with Crippen molar-refractivity contribution in [1.82, 2.24) is 20.0 Å². The molecular weight excluding hydrogens is 268 g/mol. The number of aromatic nitrogens is 3. The number of aliphatic hydroxyl groups is 1. The minimum absolute atomic E-state index is 0.215. The molecule has 3 rings (SSSR count). The second-order valence-electron chi connectivity index (χ2n) is 5.36. The fraction of sp³-hybridized carbons (Fsp3) is 0.533. The largest absolute Gasteiger partial charge is 0.396 e. The summed E-state index contributed by atoms with van der Waals surface area (Å²) in [5.74, 6) is 1.14. The van der Waals surface area contributed by atoms with Crippen molar-refractivity contribution in [3.8, 4) is 11.5 Å². The third-order valence-electron chi connectivity index (χ3n) is 3.89. The van der Waals surface area contributed by atoms with Crippen LogP contribution in [0.1, 0.15) is 31.6 Å². The molecule has 6 nitrogen and oxygen atoms in total. The van der Waals surface area contributed by atoms with E-state index in [0.29, 0.717) is 24.3 Å². The van der Waals surface area contributed by atoms with Gasteiger partial charge in [-0.05, 0) is 31.4 Å². The molecule has 21 heavy (non-hydrogen) atoms. The van der Waals surface area contributed by atoms with E-state index < -0.39 is 0 Å². The molecule has 0 radical (unpaired) electrons. The molecule has 1 fully saturated rings. The summed E-state index contributed by atoms with van der Waals surface area (Å²) < 4.78 is 5.34. The average molecular weight is 288 g/mol. The Hall–Kier alpha value is -1.79. The Morgan fingerprint density at radius 1 is 1.33 bits per heavy atom. The van der Waals surface area contributed by atoms with Crippen molar-refractivity contribution in [1.29, 1.82) is 0 Å². The molecule has 1 aliphatic carbocycles. The summed E-state index contributed by atoms with van der Waals surface area (Å²) in [4.78, 5) is 11.0. The Labute approximate surface area is 123 Å². The normalized spacial score (nSPS) is 15.3. The summed E-state index contributed by atoms with van der Waals surface area (Å²) >= 11 is 0. The van der Waals surface area contributed by atoms with Crippen LogP contribution in [0.2, 0.25) is 0 Å². The summed E-state index contributed by atoms with van der Waals surface area (Å²) in [5, 5.41) is 13.0. The predicted octanol–water partition coefficient (Wildman–Crippen LogP) is 1.87. The third-order valence-corrected chi connectivity index (χ3v) is 3.89. The first-order valence-electron chi connectivity index (χ1n) is 7.45. The summed E-state index contributed by atoms with van der Waals surface area (Å²) in [7, 11) is 0. The van der Waals surface area contributed by atoms with Crippen molar-refractivity contribution >= 4 is 0 Å². The molecule has 2 heterocycles. The molecule has 0 atom stereocenters. The maximum Gasteiger partial charge on any atom is 0.241 e. The molecule has 1 aliphatic rings. The molecular formula is C15H20N4O2. The fourth-order valence-corrected chi connectivity index (χ4v) is 2.51. The lowest BCUT2D eigenvalue weighted by molar-refractivity contribution is 0.0969. The van der Waals surface area contributed by atoms with E-state index in [4.69, 9.17) is 9.63 Å². The average Bonchev–Trinajstić information content (AvgIpc) is 2.92. The predicted molar refractivity (Wildman–Crippen MR) is 77.3 cm³/mol. The number of nitrogens with zero attached hydrogens (tertiary/aromatic N) is 4. The number of hydrogen-bond acceptors (Lipinski definition) is 6. The zero-order chi connectivity index (χ0) is 14.5. The monoisotopic (exact) mass is 288 g/mol. The van der Waals surface area contributed by atoms with Gasteiger partial charge in [-0.2, -0.15) is 4.98 Å². The van der Waals surface area contributed by atoms with Crippen LogP contribution in [0, 0.1) is 0 Å². The Bertz CT molecular complexity index is 554. The standard InChI is InChI=1S/C15H20N4O2/c20-10-4-9-19(12-5-3-6-12)11-14-17-15(18-21-14)13-7-1-2-8-16-13/h1-2,7-8,12,20H,3-6,9-11H2. The SMILES string of the molecule is OCCCN(Cc1nc(-c2ccccn2)no1)C1CCC1. The molecule has 2 aromatic heterocycles. The van der Waals surface area contributed by atoms with Crippen molar-refractivity contribution in [3.63, 3.8) is 0 Å². The van der Waals surface area contributed by atoms with Gasteiger partial charge in [-0.1, -0.05) is 17.6 Å². The lowest BCUT2D eigenvalue weighted by Crippen LogP contribution is -2.40. The number of rotatable bonds is 7. The zero-order valence-corrected chi connectivity index (χ0v) is 12.0. The van der Waals surface area contributed by atoms with Gasteiger partial charge in [-0.3, -0.25) is 9.88 Å². The van der Waals surface area contributed by atoms with E-state index in [1.54, 1.807) is 6.20 Å². The first kappa shape index (κ1) is 14.2. The van der Waals surface area contributed by atoms with Crippen LogP contribution in [0.5, 0.6) is 0 Å². The van der Waals surface area contributed by atoms with Gasteiger partial charge in [0.15, 0.2) is 0 Å². The first-order valence-corrected chi connectivity index (χ1v) is 7.45. The first-order chi connectivity index (χ1) is 10.4. The van der Waals surface area contributed by atoms with Crippen LogP contribution in [-0.2, 0) is 6.54 Å². The van der Waals surface area contributed by atoms with Crippen molar-refractivity contribution in [2.24, 2.45) is 0 Å². The molecule has 0 aromatic carbocycles. The highest BCUT2D eigenvalue weighted by molar-refractivity contribution is 5.46. The summed E-state index contributed by atoms with van der Waals surface area (Å²) in [6.07, 6.45) is 6.20. The van der Waals surface area contributed by atoms with E-state index in [9.17, 15) is 0 Å². The van der Waals surface area contributed by atoms with Gasteiger partial charge in [0.05, 0.1) is 6.54 Å². The van der Waals surface area contributed by atoms with E-state index in [1.165, 1.54) is 19.3 Å². The topological polar surface area (TPSA) is 75.3 Å². The lowest BCUT2D eigenvalue weighted by Gasteiger charge is -2.36. The van der Waals surface area contributed by atoms with Crippen LogP contribution in [-0.4, -0.2) is 44.3 Å².